The number of esters is 1. The minimum atomic E-state index is 0.0651. The summed E-state index contributed by atoms with van der Waals surface area (Å²) in [5, 5.41) is 0. The molecule has 6 atom stereocenters. The lowest BCUT2D eigenvalue weighted by molar-refractivity contribution is -0.151. The first-order valence-electron chi connectivity index (χ1n) is 24.8. The molecule has 3 aliphatic carbocycles. The van der Waals surface area contributed by atoms with Crippen LogP contribution in [0.2, 0.25) is 0 Å². The molecule has 6 unspecified atom stereocenters. The molecule has 3 heteroatoms. The molecule has 0 aromatic carbocycles. The Morgan fingerprint density at radius 1 is 0.509 bits per heavy atom. The van der Waals surface area contributed by atoms with Crippen LogP contribution in [0.5, 0.6) is 0 Å². The van der Waals surface area contributed by atoms with Gasteiger partial charge in [-0.05, 0) is 93.3 Å². The second kappa shape index (κ2) is 30.6. The van der Waals surface area contributed by atoms with Crippen LogP contribution >= 0.6 is 0 Å². The average Bonchev–Trinajstić information content (AvgIpc) is 3.78. The van der Waals surface area contributed by atoms with Crippen molar-refractivity contribution in [3.63, 3.8) is 0 Å². The number of ether oxygens (including phenoxy) is 2. The maximum absolute atomic E-state index is 13.2. The van der Waals surface area contributed by atoms with E-state index in [-0.39, 0.29) is 12.1 Å². The van der Waals surface area contributed by atoms with Gasteiger partial charge in [-0.2, -0.15) is 0 Å². The molecule has 312 valence electrons. The largest absolute Gasteiger partial charge is 0.462 e. The van der Waals surface area contributed by atoms with E-state index in [1.54, 1.807) is 0 Å². The second-order valence-corrected chi connectivity index (χ2v) is 19.0. The Labute approximate surface area is 332 Å². The van der Waals surface area contributed by atoms with Crippen LogP contribution in [0.1, 0.15) is 258 Å². The molecule has 0 aromatic rings. The van der Waals surface area contributed by atoms with Crippen LogP contribution in [0.15, 0.2) is 0 Å². The fourth-order valence-corrected chi connectivity index (χ4v) is 10.7. The van der Waals surface area contributed by atoms with E-state index in [0.29, 0.717) is 24.4 Å². The summed E-state index contributed by atoms with van der Waals surface area (Å²) in [4.78, 5) is 13.2. The van der Waals surface area contributed by atoms with Gasteiger partial charge >= 0.3 is 5.97 Å². The topological polar surface area (TPSA) is 35.5 Å². The van der Waals surface area contributed by atoms with Crippen molar-refractivity contribution in [1.29, 1.82) is 0 Å². The van der Waals surface area contributed by atoms with Gasteiger partial charge in [-0.3, -0.25) is 4.79 Å². The highest BCUT2D eigenvalue weighted by atomic mass is 16.5. The van der Waals surface area contributed by atoms with E-state index < -0.39 is 0 Å². The van der Waals surface area contributed by atoms with Crippen molar-refractivity contribution in [3.8, 4) is 0 Å². The molecule has 53 heavy (non-hydrogen) atoms. The molecule has 0 N–H and O–H groups in total. The molecule has 0 amide bonds. The first-order valence-corrected chi connectivity index (χ1v) is 24.8. The molecule has 3 rings (SSSR count). The molecule has 3 fully saturated rings. The molecule has 0 aromatic heterocycles. The Balaban J connectivity index is 1.21. The van der Waals surface area contributed by atoms with Crippen molar-refractivity contribution in [2.24, 2.45) is 35.5 Å². The maximum Gasteiger partial charge on any atom is 0.306 e. The van der Waals surface area contributed by atoms with Crippen LogP contribution in [0.25, 0.3) is 0 Å². The lowest BCUT2D eigenvalue weighted by Crippen LogP contribution is -2.25. The van der Waals surface area contributed by atoms with Gasteiger partial charge < -0.3 is 9.47 Å². The summed E-state index contributed by atoms with van der Waals surface area (Å²) in [7, 11) is 1.84. The highest BCUT2D eigenvalue weighted by Crippen LogP contribution is 2.46. The summed E-state index contributed by atoms with van der Waals surface area (Å²) >= 11 is 0. The Kier molecular flexibility index (Phi) is 27.0. The van der Waals surface area contributed by atoms with Gasteiger partial charge in [-0.25, -0.2) is 0 Å². The number of hydrogen-bond acceptors (Lipinski definition) is 3. The molecule has 3 aliphatic rings. The average molecular weight is 743 g/mol. The van der Waals surface area contributed by atoms with Crippen molar-refractivity contribution in [2.45, 2.75) is 271 Å². The zero-order chi connectivity index (χ0) is 37.8. The van der Waals surface area contributed by atoms with Crippen molar-refractivity contribution >= 4 is 5.97 Å². The molecular weight excluding hydrogens is 649 g/mol. The van der Waals surface area contributed by atoms with Crippen LogP contribution in [-0.2, 0) is 14.3 Å². The van der Waals surface area contributed by atoms with E-state index in [4.69, 9.17) is 9.47 Å². The smallest absolute Gasteiger partial charge is 0.306 e. The van der Waals surface area contributed by atoms with E-state index in [2.05, 4.69) is 20.8 Å². The minimum absolute atomic E-state index is 0.0651. The summed E-state index contributed by atoms with van der Waals surface area (Å²) < 4.78 is 12.0. The van der Waals surface area contributed by atoms with Gasteiger partial charge in [0, 0.05) is 13.5 Å². The second-order valence-electron chi connectivity index (χ2n) is 19.0. The Hall–Kier alpha value is -0.570. The van der Waals surface area contributed by atoms with Crippen molar-refractivity contribution in [1.82, 2.24) is 0 Å². The third-order valence-corrected chi connectivity index (χ3v) is 14.4. The van der Waals surface area contributed by atoms with Crippen LogP contribution in [0.3, 0.4) is 0 Å². The first-order chi connectivity index (χ1) is 26.1. The van der Waals surface area contributed by atoms with E-state index in [1.165, 1.54) is 199 Å². The van der Waals surface area contributed by atoms with E-state index in [0.717, 1.165) is 55.8 Å². The standard InChI is InChI=1S/C50H94O3/c1-5-8-10-12-18-24-30-42-38-43(39-42)31-25-19-14-16-22-28-34-47(53-50(51)41-46-36-37-49(52-4)48(46)7-3)35-29-23-17-15-21-27-33-45-40-44(45)32-26-20-13-11-9-6-2/h42-49H,5-41H2,1-4H3. The fraction of sp³-hybridized carbons (Fsp3) is 0.980. The third-order valence-electron chi connectivity index (χ3n) is 14.4. The number of hydrogen-bond donors (Lipinski definition) is 0. The molecule has 0 heterocycles. The normalized spacial score (nSPS) is 25.8. The zero-order valence-electron chi connectivity index (χ0n) is 36.5. The third kappa shape index (κ3) is 21.5. The predicted octanol–water partition coefficient (Wildman–Crippen LogP) is 16.1. The van der Waals surface area contributed by atoms with Crippen LogP contribution in [0, 0.1) is 35.5 Å². The Bertz CT molecular complexity index is 850. The summed E-state index contributed by atoms with van der Waals surface area (Å²) in [6.07, 6.45) is 50.6. The highest BCUT2D eigenvalue weighted by Gasteiger charge is 2.37. The Morgan fingerprint density at radius 2 is 0.943 bits per heavy atom. The summed E-state index contributed by atoms with van der Waals surface area (Å²) in [5.41, 5.74) is 0. The molecule has 0 aliphatic heterocycles. The van der Waals surface area contributed by atoms with Gasteiger partial charge in [0.15, 0.2) is 0 Å². The highest BCUT2D eigenvalue weighted by molar-refractivity contribution is 5.70. The van der Waals surface area contributed by atoms with Gasteiger partial charge in [-0.1, -0.05) is 194 Å². The quantitative estimate of drug-likeness (QED) is 0.0470. The molecule has 0 radical (unpaired) electrons. The maximum atomic E-state index is 13.2. The number of unbranched alkanes of at least 4 members (excludes halogenated alkanes) is 20. The van der Waals surface area contributed by atoms with Crippen LogP contribution in [0.4, 0.5) is 0 Å². The van der Waals surface area contributed by atoms with E-state index in [1.807, 2.05) is 7.11 Å². The number of carbonyl (C=O) groups is 1. The number of methoxy groups -OCH3 is 1. The molecule has 0 spiro atoms. The minimum Gasteiger partial charge on any atom is -0.462 e. The molecule has 0 bridgehead atoms. The fourth-order valence-electron chi connectivity index (χ4n) is 10.7. The van der Waals surface area contributed by atoms with Crippen molar-refractivity contribution in [2.75, 3.05) is 7.11 Å². The van der Waals surface area contributed by atoms with E-state index in [9.17, 15) is 4.79 Å². The van der Waals surface area contributed by atoms with Gasteiger partial charge in [0.2, 0.25) is 0 Å². The molecule has 3 nitrogen and oxygen atoms in total. The van der Waals surface area contributed by atoms with Crippen molar-refractivity contribution < 1.29 is 14.3 Å². The molecule has 3 saturated carbocycles. The van der Waals surface area contributed by atoms with Gasteiger partial charge in [-0.15, -0.1) is 0 Å². The van der Waals surface area contributed by atoms with E-state index >= 15 is 0 Å². The first kappa shape index (κ1) is 46.8. The zero-order valence-corrected chi connectivity index (χ0v) is 36.5. The lowest BCUT2D eigenvalue weighted by atomic mass is 9.70. The SMILES string of the molecule is CCCCCCCCC1CC(CCCCCCCCC(CCCCCCCCC2CC2CCCCCCCC)OC(=O)CC2CCC(OC)C2CC)C1. The number of carbonyl (C=O) groups excluding carboxylic acids is 1. The van der Waals surface area contributed by atoms with Crippen LogP contribution < -0.4 is 0 Å². The molecular formula is C50H94O3. The Morgan fingerprint density at radius 3 is 1.40 bits per heavy atom. The molecule has 0 saturated heterocycles. The summed E-state index contributed by atoms with van der Waals surface area (Å²) in [6, 6.07) is 0. The van der Waals surface area contributed by atoms with Crippen LogP contribution in [-0.4, -0.2) is 25.3 Å². The van der Waals surface area contributed by atoms with Gasteiger partial charge in [0.25, 0.3) is 0 Å². The predicted molar refractivity (Wildman–Crippen MR) is 229 cm³/mol. The lowest BCUT2D eigenvalue weighted by Gasteiger charge is -2.35. The van der Waals surface area contributed by atoms with Gasteiger partial charge in [0.05, 0.1) is 6.10 Å². The number of rotatable bonds is 37. The summed E-state index contributed by atoms with van der Waals surface area (Å²) in [5.74, 6) is 5.26. The van der Waals surface area contributed by atoms with Gasteiger partial charge in [0.1, 0.15) is 6.10 Å². The van der Waals surface area contributed by atoms with Crippen molar-refractivity contribution in [3.05, 3.63) is 0 Å². The summed E-state index contributed by atoms with van der Waals surface area (Å²) in [6.45, 7) is 6.88. The monoisotopic (exact) mass is 743 g/mol.